The van der Waals surface area contributed by atoms with E-state index in [0.717, 1.165) is 16.9 Å². The second-order valence-electron chi connectivity index (χ2n) is 9.07. The maximum absolute atomic E-state index is 12.8. The molecular weight excluding hydrogens is 522 g/mol. The zero-order valence-electron chi connectivity index (χ0n) is 21.8. The van der Waals surface area contributed by atoms with Crippen LogP contribution in [0, 0.1) is 0 Å². The highest BCUT2D eigenvalue weighted by atomic mass is 32.2. The van der Waals surface area contributed by atoms with Crippen LogP contribution in [0.5, 0.6) is 5.75 Å². The first kappa shape index (κ1) is 26.6. The van der Waals surface area contributed by atoms with Crippen molar-refractivity contribution in [2.24, 2.45) is 5.10 Å². The lowest BCUT2D eigenvalue weighted by atomic mass is 10.1. The highest BCUT2D eigenvalue weighted by Crippen LogP contribution is 2.22. The Kier molecular flexibility index (Phi) is 7.89. The Bertz CT molecular complexity index is 1750. The van der Waals surface area contributed by atoms with Gasteiger partial charge in [-0.05, 0) is 88.6 Å². The molecule has 0 aliphatic rings. The summed E-state index contributed by atoms with van der Waals surface area (Å²) in [6.07, 6.45) is 1.54. The molecule has 0 heterocycles. The van der Waals surface area contributed by atoms with Gasteiger partial charge in [-0.1, -0.05) is 54.6 Å². The van der Waals surface area contributed by atoms with Crippen LogP contribution in [0.2, 0.25) is 0 Å². The van der Waals surface area contributed by atoms with Gasteiger partial charge >= 0.3 is 0 Å². The maximum atomic E-state index is 12.8. The average Bonchev–Trinajstić information content (AvgIpc) is 3.00. The van der Waals surface area contributed by atoms with Crippen LogP contribution in [0.1, 0.15) is 21.5 Å². The van der Waals surface area contributed by atoms with E-state index in [1.807, 2.05) is 36.4 Å². The Hall–Kier alpha value is -4.95. The summed E-state index contributed by atoms with van der Waals surface area (Å²) in [7, 11) is -2.23. The quantitative estimate of drug-likeness (QED) is 0.180. The normalized spacial score (nSPS) is 11.4. The number of benzene rings is 5. The molecule has 0 aromatic heterocycles. The molecule has 5 rings (SSSR count). The van der Waals surface area contributed by atoms with Crippen LogP contribution in [0.15, 0.2) is 131 Å². The number of nitrogens with one attached hydrogen (secondary N) is 1. The van der Waals surface area contributed by atoms with Crippen molar-refractivity contribution in [3.8, 4) is 5.75 Å². The van der Waals surface area contributed by atoms with Crippen LogP contribution in [-0.4, -0.2) is 27.6 Å². The third-order valence-electron chi connectivity index (χ3n) is 6.37. The molecule has 0 aliphatic carbocycles. The first-order valence-corrected chi connectivity index (χ1v) is 14.0. The largest absolute Gasteiger partial charge is 0.489 e. The van der Waals surface area contributed by atoms with Crippen molar-refractivity contribution in [3.05, 3.63) is 138 Å². The highest BCUT2D eigenvalue weighted by Gasteiger charge is 2.21. The lowest BCUT2D eigenvalue weighted by Gasteiger charge is -2.19. The first-order valence-electron chi connectivity index (χ1n) is 12.6. The number of anilines is 1. The zero-order valence-corrected chi connectivity index (χ0v) is 22.6. The third-order valence-corrected chi connectivity index (χ3v) is 8.17. The average molecular weight is 550 g/mol. The van der Waals surface area contributed by atoms with E-state index in [0.29, 0.717) is 17.9 Å². The molecular formula is C32H27N3O4S. The summed E-state index contributed by atoms with van der Waals surface area (Å²) in [5.41, 5.74) is 5.16. The van der Waals surface area contributed by atoms with Crippen molar-refractivity contribution in [2.75, 3.05) is 11.4 Å². The summed E-state index contributed by atoms with van der Waals surface area (Å²) in [5.74, 6) is 0.320. The summed E-state index contributed by atoms with van der Waals surface area (Å²) in [5, 5.41) is 6.41. The molecule has 0 radical (unpaired) electrons. The monoisotopic (exact) mass is 549 g/mol. The zero-order chi connectivity index (χ0) is 28.0. The van der Waals surface area contributed by atoms with Crippen molar-refractivity contribution >= 4 is 38.6 Å². The smallest absolute Gasteiger partial charge is 0.271 e. The molecule has 8 heteroatoms. The van der Waals surface area contributed by atoms with E-state index in [1.165, 1.54) is 22.1 Å². The van der Waals surface area contributed by atoms with E-state index >= 15 is 0 Å². The number of ether oxygens (including phenoxy) is 1. The predicted molar refractivity (Wildman–Crippen MR) is 158 cm³/mol. The minimum Gasteiger partial charge on any atom is -0.489 e. The molecule has 40 heavy (non-hydrogen) atoms. The number of rotatable bonds is 9. The van der Waals surface area contributed by atoms with Crippen molar-refractivity contribution in [1.82, 2.24) is 5.43 Å². The second-order valence-corrected chi connectivity index (χ2v) is 11.0. The van der Waals surface area contributed by atoms with E-state index in [1.54, 1.807) is 60.8 Å². The molecule has 200 valence electrons. The molecule has 0 fully saturated rings. The van der Waals surface area contributed by atoms with Crippen molar-refractivity contribution < 1.29 is 17.9 Å². The molecule has 1 amide bonds. The number of sulfonamides is 1. The van der Waals surface area contributed by atoms with Gasteiger partial charge in [-0.3, -0.25) is 9.10 Å². The van der Waals surface area contributed by atoms with Gasteiger partial charge in [0.2, 0.25) is 0 Å². The van der Waals surface area contributed by atoms with E-state index in [2.05, 4.69) is 40.9 Å². The minimum absolute atomic E-state index is 0.193. The van der Waals surface area contributed by atoms with Gasteiger partial charge in [0.15, 0.2) is 0 Å². The molecule has 0 atom stereocenters. The number of hydrogen-bond acceptors (Lipinski definition) is 5. The number of hydrazone groups is 1. The van der Waals surface area contributed by atoms with E-state index < -0.39 is 15.9 Å². The van der Waals surface area contributed by atoms with Crippen LogP contribution >= 0.6 is 0 Å². The molecule has 7 nitrogen and oxygen atoms in total. The van der Waals surface area contributed by atoms with E-state index in [9.17, 15) is 13.2 Å². The maximum Gasteiger partial charge on any atom is 0.271 e. The number of carbonyl (C=O) groups excluding carboxylic acids is 1. The standard InChI is InChI=1S/C32H27N3O4S/c1-35(40(37,38)31-9-3-2-4-10-31)29-17-15-27(16-18-29)32(36)34-33-22-24-12-19-30(20-13-24)39-23-25-11-14-26-7-5-6-8-28(26)21-25/h2-22H,23H2,1H3,(H,34,36). The number of fused-ring (bicyclic) bond motifs is 1. The summed E-state index contributed by atoms with van der Waals surface area (Å²) < 4.78 is 32.7. The van der Waals surface area contributed by atoms with Crippen LogP contribution in [0.3, 0.4) is 0 Å². The highest BCUT2D eigenvalue weighted by molar-refractivity contribution is 7.92. The summed E-state index contributed by atoms with van der Waals surface area (Å²) in [6.45, 7) is 0.459. The Morgan fingerprint density at radius 3 is 2.23 bits per heavy atom. The summed E-state index contributed by atoms with van der Waals surface area (Å²) in [4.78, 5) is 12.7. The van der Waals surface area contributed by atoms with Gasteiger partial charge in [-0.2, -0.15) is 5.10 Å². The van der Waals surface area contributed by atoms with Gasteiger partial charge in [0.05, 0.1) is 16.8 Å². The molecule has 0 unspecified atom stereocenters. The lowest BCUT2D eigenvalue weighted by molar-refractivity contribution is 0.0955. The Morgan fingerprint density at radius 1 is 0.825 bits per heavy atom. The molecule has 1 N–H and O–H groups in total. The first-order chi connectivity index (χ1) is 19.4. The predicted octanol–water partition coefficient (Wildman–Crippen LogP) is 6.01. The van der Waals surface area contributed by atoms with Gasteiger partial charge in [0, 0.05) is 12.6 Å². The number of carbonyl (C=O) groups is 1. The third kappa shape index (κ3) is 6.19. The molecule has 5 aromatic rings. The fourth-order valence-electron chi connectivity index (χ4n) is 4.09. The second kappa shape index (κ2) is 11.8. The minimum atomic E-state index is -3.70. The number of nitrogens with zero attached hydrogens (tertiary/aromatic N) is 2. The summed E-state index contributed by atoms with van der Waals surface area (Å²) >= 11 is 0. The van der Waals surface area contributed by atoms with Crippen LogP contribution in [0.4, 0.5) is 5.69 Å². The van der Waals surface area contributed by atoms with Crippen LogP contribution < -0.4 is 14.5 Å². The number of hydrogen-bond donors (Lipinski definition) is 1. The molecule has 0 saturated carbocycles. The number of amides is 1. The van der Waals surface area contributed by atoms with Gasteiger partial charge in [-0.25, -0.2) is 13.8 Å². The topological polar surface area (TPSA) is 88.1 Å². The van der Waals surface area contributed by atoms with Crippen LogP contribution in [-0.2, 0) is 16.6 Å². The lowest BCUT2D eigenvalue weighted by Crippen LogP contribution is -2.26. The Labute approximate surface area is 233 Å². The molecule has 0 saturated heterocycles. The summed E-state index contributed by atoms with van der Waals surface area (Å²) in [6, 6.07) is 36.3. The van der Waals surface area contributed by atoms with Gasteiger partial charge in [-0.15, -0.1) is 0 Å². The van der Waals surface area contributed by atoms with Gasteiger partial charge in [0.1, 0.15) is 12.4 Å². The van der Waals surface area contributed by atoms with Crippen molar-refractivity contribution in [2.45, 2.75) is 11.5 Å². The van der Waals surface area contributed by atoms with Crippen molar-refractivity contribution in [1.29, 1.82) is 0 Å². The van der Waals surface area contributed by atoms with Crippen molar-refractivity contribution in [3.63, 3.8) is 0 Å². The van der Waals surface area contributed by atoms with E-state index in [4.69, 9.17) is 4.74 Å². The fraction of sp³-hybridized carbons (Fsp3) is 0.0625. The molecule has 0 bridgehead atoms. The van der Waals surface area contributed by atoms with E-state index in [-0.39, 0.29) is 4.90 Å². The van der Waals surface area contributed by atoms with Gasteiger partial charge < -0.3 is 4.74 Å². The molecule has 0 spiro atoms. The van der Waals surface area contributed by atoms with Crippen LogP contribution in [0.25, 0.3) is 10.8 Å². The SMILES string of the molecule is CN(c1ccc(C(=O)NN=Cc2ccc(OCc3ccc4ccccc4c3)cc2)cc1)S(=O)(=O)c1ccccc1. The fourth-order valence-corrected chi connectivity index (χ4v) is 5.30. The Balaban J connectivity index is 1.14. The Morgan fingerprint density at radius 2 is 1.50 bits per heavy atom. The molecule has 0 aliphatic heterocycles. The molecule has 5 aromatic carbocycles. The van der Waals surface area contributed by atoms with Gasteiger partial charge in [0.25, 0.3) is 15.9 Å².